The molecule has 0 spiro atoms. The van der Waals surface area contributed by atoms with Gasteiger partial charge in [-0.2, -0.15) is 5.26 Å². The number of nitrogens with zero attached hydrogens (tertiary/aromatic N) is 1. The zero-order chi connectivity index (χ0) is 13.5. The number of nitriles is 1. The lowest BCUT2D eigenvalue weighted by atomic mass is 9.76. The Labute approximate surface area is 112 Å². The molecular weight excluding hydrogens is 250 g/mol. The molecule has 96 valence electrons. The minimum absolute atomic E-state index is 0.402. The van der Waals surface area contributed by atoms with Crippen molar-refractivity contribution in [3.05, 3.63) is 27.3 Å². The maximum absolute atomic E-state index is 9.46. The van der Waals surface area contributed by atoms with Gasteiger partial charge < -0.3 is 9.47 Å². The van der Waals surface area contributed by atoms with Crippen molar-refractivity contribution in [2.24, 2.45) is 0 Å². The molecule has 18 heavy (non-hydrogen) atoms. The Kier molecular flexibility index (Phi) is 3.27. The first-order valence-electron chi connectivity index (χ1n) is 5.81. The van der Waals surface area contributed by atoms with E-state index in [-0.39, 0.29) is 0 Å². The van der Waals surface area contributed by atoms with Crippen LogP contribution in [0.15, 0.2) is 0 Å². The largest absolute Gasteiger partial charge is 0.496 e. The highest BCUT2D eigenvalue weighted by Gasteiger charge is 2.45. The smallest absolute Gasteiger partial charge is 0.132 e. The second-order valence-electron chi connectivity index (χ2n) is 4.78. The quantitative estimate of drug-likeness (QED) is 0.825. The summed E-state index contributed by atoms with van der Waals surface area (Å²) >= 11 is 6.36. The molecule has 0 unspecified atom stereocenters. The lowest BCUT2D eigenvalue weighted by Gasteiger charge is -2.38. The Bertz CT molecular complexity index is 542. The summed E-state index contributed by atoms with van der Waals surface area (Å²) in [5.41, 5.74) is 3.18. The molecule has 1 heterocycles. The first-order chi connectivity index (χ1) is 8.48. The van der Waals surface area contributed by atoms with Gasteiger partial charge >= 0.3 is 0 Å². The third kappa shape index (κ3) is 1.60. The number of halogens is 1. The predicted octanol–water partition coefficient (Wildman–Crippen LogP) is 3.07. The van der Waals surface area contributed by atoms with Crippen LogP contribution in [0.4, 0.5) is 0 Å². The molecule has 0 aromatic heterocycles. The molecule has 0 atom stereocenters. The molecule has 1 aromatic carbocycles. The van der Waals surface area contributed by atoms with E-state index in [1.165, 1.54) is 0 Å². The van der Waals surface area contributed by atoms with Crippen LogP contribution in [0.25, 0.3) is 0 Å². The summed E-state index contributed by atoms with van der Waals surface area (Å²) in [6.07, 6.45) is 0. The summed E-state index contributed by atoms with van der Waals surface area (Å²) in [7, 11) is 1.63. The summed E-state index contributed by atoms with van der Waals surface area (Å²) in [5, 5.41) is 10.2. The van der Waals surface area contributed by atoms with Crippen molar-refractivity contribution in [3.8, 4) is 11.8 Å². The van der Waals surface area contributed by atoms with Crippen LogP contribution in [0.1, 0.15) is 22.3 Å². The Hall–Kier alpha value is -1.24. The summed E-state index contributed by atoms with van der Waals surface area (Å²) < 4.78 is 10.7. The van der Waals surface area contributed by atoms with E-state index < -0.39 is 5.41 Å². The van der Waals surface area contributed by atoms with Gasteiger partial charge in [0.05, 0.1) is 26.4 Å². The van der Waals surface area contributed by atoms with Crippen molar-refractivity contribution < 1.29 is 9.47 Å². The minimum atomic E-state index is -0.614. The standard InChI is InChI=1S/C14H16ClNO2/c1-8-9(2)13(17-4)11(10(3)12(8)15)14(5-16)6-18-7-14/h6-7H2,1-4H3. The van der Waals surface area contributed by atoms with Gasteiger partial charge in [0.1, 0.15) is 11.2 Å². The van der Waals surface area contributed by atoms with Gasteiger partial charge in [-0.05, 0) is 37.5 Å². The minimum Gasteiger partial charge on any atom is -0.496 e. The van der Waals surface area contributed by atoms with E-state index in [0.29, 0.717) is 18.2 Å². The third-order valence-electron chi connectivity index (χ3n) is 3.76. The molecule has 2 rings (SSSR count). The van der Waals surface area contributed by atoms with Crippen LogP contribution < -0.4 is 4.74 Å². The molecule has 3 nitrogen and oxygen atoms in total. The lowest BCUT2D eigenvalue weighted by molar-refractivity contribution is -0.0310. The van der Waals surface area contributed by atoms with Crippen molar-refractivity contribution in [1.29, 1.82) is 5.26 Å². The van der Waals surface area contributed by atoms with Gasteiger partial charge in [0.15, 0.2) is 0 Å². The zero-order valence-electron chi connectivity index (χ0n) is 11.1. The predicted molar refractivity (Wildman–Crippen MR) is 70.3 cm³/mol. The Morgan fingerprint density at radius 1 is 1.22 bits per heavy atom. The van der Waals surface area contributed by atoms with E-state index in [9.17, 15) is 5.26 Å². The first kappa shape index (κ1) is 13.2. The number of hydrogen-bond acceptors (Lipinski definition) is 3. The van der Waals surface area contributed by atoms with Gasteiger partial charge in [-0.25, -0.2) is 0 Å². The molecule has 0 radical (unpaired) electrons. The van der Waals surface area contributed by atoms with Crippen LogP contribution in [0.3, 0.4) is 0 Å². The molecule has 1 aromatic rings. The van der Waals surface area contributed by atoms with Gasteiger partial charge in [-0.3, -0.25) is 0 Å². The second-order valence-corrected chi connectivity index (χ2v) is 5.16. The summed E-state index contributed by atoms with van der Waals surface area (Å²) in [5.74, 6) is 0.763. The number of benzene rings is 1. The average molecular weight is 266 g/mol. The Morgan fingerprint density at radius 2 is 1.83 bits per heavy atom. The Balaban J connectivity index is 2.78. The van der Waals surface area contributed by atoms with E-state index in [0.717, 1.165) is 28.0 Å². The molecule has 0 aliphatic carbocycles. The zero-order valence-corrected chi connectivity index (χ0v) is 11.8. The van der Waals surface area contributed by atoms with Crippen LogP contribution >= 0.6 is 11.6 Å². The molecule has 1 fully saturated rings. The molecule has 4 heteroatoms. The van der Waals surface area contributed by atoms with E-state index in [4.69, 9.17) is 21.1 Å². The maximum Gasteiger partial charge on any atom is 0.132 e. The van der Waals surface area contributed by atoms with Crippen molar-refractivity contribution in [1.82, 2.24) is 0 Å². The molecule has 0 amide bonds. The number of methoxy groups -OCH3 is 1. The SMILES string of the molecule is COc1c(C)c(C)c(Cl)c(C)c1C1(C#N)COC1. The van der Waals surface area contributed by atoms with E-state index >= 15 is 0 Å². The monoisotopic (exact) mass is 265 g/mol. The highest BCUT2D eigenvalue weighted by molar-refractivity contribution is 6.32. The highest BCUT2D eigenvalue weighted by atomic mass is 35.5. The Morgan fingerprint density at radius 3 is 2.22 bits per heavy atom. The van der Waals surface area contributed by atoms with Crippen molar-refractivity contribution >= 4 is 11.6 Å². The number of ether oxygens (including phenoxy) is 2. The molecular formula is C14H16ClNO2. The van der Waals surface area contributed by atoms with Crippen LogP contribution in [-0.2, 0) is 10.2 Å². The number of rotatable bonds is 2. The van der Waals surface area contributed by atoms with E-state index in [2.05, 4.69) is 6.07 Å². The first-order valence-corrected chi connectivity index (χ1v) is 6.19. The molecule has 0 N–H and O–H groups in total. The molecule has 0 saturated carbocycles. The van der Waals surface area contributed by atoms with Gasteiger partial charge in [0, 0.05) is 10.6 Å². The summed E-state index contributed by atoms with van der Waals surface area (Å²) in [6.45, 7) is 6.67. The van der Waals surface area contributed by atoms with Crippen molar-refractivity contribution in [2.45, 2.75) is 26.2 Å². The van der Waals surface area contributed by atoms with Crippen LogP contribution in [0.2, 0.25) is 5.02 Å². The molecule has 0 bridgehead atoms. The summed E-state index contributed by atoms with van der Waals surface area (Å²) in [4.78, 5) is 0. The second kappa shape index (κ2) is 4.46. The molecule has 1 aliphatic heterocycles. The lowest BCUT2D eigenvalue weighted by Crippen LogP contribution is -2.46. The molecule has 1 saturated heterocycles. The fourth-order valence-electron chi connectivity index (χ4n) is 2.49. The van der Waals surface area contributed by atoms with Gasteiger partial charge in [0.2, 0.25) is 0 Å². The van der Waals surface area contributed by atoms with Crippen LogP contribution in [-0.4, -0.2) is 20.3 Å². The fraction of sp³-hybridized carbons (Fsp3) is 0.500. The normalized spacial score (nSPS) is 16.9. The topological polar surface area (TPSA) is 42.2 Å². The van der Waals surface area contributed by atoms with Gasteiger partial charge in [-0.15, -0.1) is 0 Å². The third-order valence-corrected chi connectivity index (χ3v) is 4.32. The maximum atomic E-state index is 9.46. The van der Waals surface area contributed by atoms with Crippen LogP contribution in [0.5, 0.6) is 5.75 Å². The highest BCUT2D eigenvalue weighted by Crippen LogP contribution is 2.45. The van der Waals surface area contributed by atoms with Crippen molar-refractivity contribution in [2.75, 3.05) is 20.3 Å². The van der Waals surface area contributed by atoms with E-state index in [1.807, 2.05) is 20.8 Å². The summed E-state index contributed by atoms with van der Waals surface area (Å²) in [6, 6.07) is 2.36. The van der Waals surface area contributed by atoms with Crippen molar-refractivity contribution in [3.63, 3.8) is 0 Å². The fourth-order valence-corrected chi connectivity index (χ4v) is 2.72. The van der Waals surface area contributed by atoms with Gasteiger partial charge in [-0.1, -0.05) is 11.6 Å². The average Bonchev–Trinajstić information content (AvgIpc) is 2.32. The van der Waals surface area contributed by atoms with Gasteiger partial charge in [0.25, 0.3) is 0 Å². The van der Waals surface area contributed by atoms with E-state index in [1.54, 1.807) is 7.11 Å². The number of hydrogen-bond donors (Lipinski definition) is 0. The van der Waals surface area contributed by atoms with Crippen LogP contribution in [0, 0.1) is 32.1 Å². The molecule has 1 aliphatic rings.